The number of amides is 1. The second-order valence-corrected chi connectivity index (χ2v) is 8.99. The maximum atomic E-state index is 13.3. The molecule has 2 aromatic rings. The van der Waals surface area contributed by atoms with Crippen LogP contribution in [0.4, 0.5) is 5.69 Å². The molecule has 2 aromatic carbocycles. The highest BCUT2D eigenvalue weighted by atomic mass is 32.2. The topological polar surface area (TPSA) is 75.7 Å². The van der Waals surface area contributed by atoms with Gasteiger partial charge in [-0.2, -0.15) is 0 Å². The number of aryl methyl sites for hydroxylation is 1. The number of carbonyl (C=O) groups is 1. The fourth-order valence-electron chi connectivity index (χ4n) is 2.50. The van der Waals surface area contributed by atoms with E-state index in [4.69, 9.17) is 4.74 Å². The van der Waals surface area contributed by atoms with Crippen molar-refractivity contribution in [3.8, 4) is 5.75 Å². The molecule has 0 aliphatic carbocycles. The van der Waals surface area contributed by atoms with Crippen LogP contribution in [0.25, 0.3) is 0 Å². The van der Waals surface area contributed by atoms with Crippen molar-refractivity contribution in [3.05, 3.63) is 54.1 Å². The van der Waals surface area contributed by atoms with Gasteiger partial charge < -0.3 is 10.1 Å². The molecule has 0 saturated heterocycles. The van der Waals surface area contributed by atoms with Gasteiger partial charge in [-0.1, -0.05) is 31.5 Å². The lowest BCUT2D eigenvalue weighted by atomic mass is 10.1. The number of anilines is 1. The Hall–Kier alpha value is -2.54. The van der Waals surface area contributed by atoms with E-state index in [0.29, 0.717) is 11.4 Å². The Morgan fingerprint density at radius 2 is 1.61 bits per heavy atom. The van der Waals surface area contributed by atoms with Crippen LogP contribution in [0.15, 0.2) is 53.4 Å². The molecule has 0 bridgehead atoms. The van der Waals surface area contributed by atoms with Crippen LogP contribution in [-0.4, -0.2) is 34.0 Å². The summed E-state index contributed by atoms with van der Waals surface area (Å²) in [6.45, 7) is 7.52. The zero-order valence-electron chi connectivity index (χ0n) is 17.0. The first-order valence-electron chi connectivity index (χ1n) is 9.18. The fraction of sp³-hybridized carbons (Fsp3) is 0.381. The van der Waals surface area contributed by atoms with Crippen molar-refractivity contribution in [2.75, 3.05) is 18.0 Å². The van der Waals surface area contributed by atoms with E-state index < -0.39 is 10.0 Å². The van der Waals surface area contributed by atoms with Crippen LogP contribution in [-0.2, 0) is 14.8 Å². The Labute approximate surface area is 167 Å². The van der Waals surface area contributed by atoms with E-state index in [2.05, 4.69) is 5.32 Å². The van der Waals surface area contributed by atoms with Gasteiger partial charge in [0.25, 0.3) is 10.0 Å². The summed E-state index contributed by atoms with van der Waals surface area (Å²) in [6, 6.07) is 13.1. The number of hydrogen-bond donors (Lipinski definition) is 1. The van der Waals surface area contributed by atoms with Crippen LogP contribution in [0.5, 0.6) is 5.75 Å². The van der Waals surface area contributed by atoms with Crippen molar-refractivity contribution >= 4 is 21.6 Å². The van der Waals surface area contributed by atoms with Crippen LogP contribution >= 0.6 is 0 Å². The van der Waals surface area contributed by atoms with E-state index in [0.717, 1.165) is 9.87 Å². The van der Waals surface area contributed by atoms with Gasteiger partial charge in [-0.25, -0.2) is 8.42 Å². The van der Waals surface area contributed by atoms with Crippen molar-refractivity contribution in [2.45, 2.75) is 38.6 Å². The Morgan fingerprint density at radius 3 is 2.11 bits per heavy atom. The van der Waals surface area contributed by atoms with Gasteiger partial charge >= 0.3 is 0 Å². The molecule has 28 heavy (non-hydrogen) atoms. The number of nitrogens with zero attached hydrogens (tertiary/aromatic N) is 1. The molecule has 2 rings (SSSR count). The van der Waals surface area contributed by atoms with Crippen molar-refractivity contribution in [1.82, 2.24) is 5.32 Å². The Kier molecular flexibility index (Phi) is 7.07. The SMILES string of the molecule is COc1ccc(S(=O)(=O)N(CC(=O)NC(C)C(C)C)c2ccc(C)cc2)cc1. The lowest BCUT2D eigenvalue weighted by Gasteiger charge is -2.26. The lowest BCUT2D eigenvalue weighted by Crippen LogP contribution is -2.45. The minimum Gasteiger partial charge on any atom is -0.497 e. The number of methoxy groups -OCH3 is 1. The van der Waals surface area contributed by atoms with E-state index in [9.17, 15) is 13.2 Å². The third kappa shape index (κ3) is 5.25. The molecular weight excluding hydrogens is 376 g/mol. The van der Waals surface area contributed by atoms with Gasteiger partial charge in [0.15, 0.2) is 0 Å². The maximum Gasteiger partial charge on any atom is 0.264 e. The predicted octanol–water partition coefficient (Wildman–Crippen LogP) is 3.36. The number of benzene rings is 2. The second kappa shape index (κ2) is 9.10. The summed E-state index contributed by atoms with van der Waals surface area (Å²) in [5, 5.41) is 2.87. The summed E-state index contributed by atoms with van der Waals surface area (Å²) < 4.78 is 32.8. The zero-order chi connectivity index (χ0) is 20.9. The molecule has 0 radical (unpaired) electrons. The van der Waals surface area contributed by atoms with Crippen LogP contribution < -0.4 is 14.4 Å². The Bertz CT molecular complexity index is 891. The molecule has 7 heteroatoms. The van der Waals surface area contributed by atoms with Crippen LogP contribution in [0.2, 0.25) is 0 Å². The van der Waals surface area contributed by atoms with Gasteiger partial charge in [-0.05, 0) is 56.2 Å². The van der Waals surface area contributed by atoms with Crippen LogP contribution in [0.3, 0.4) is 0 Å². The molecule has 1 unspecified atom stereocenters. The number of rotatable bonds is 8. The summed E-state index contributed by atoms with van der Waals surface area (Å²) in [6.07, 6.45) is 0. The number of ether oxygens (including phenoxy) is 1. The third-order valence-corrected chi connectivity index (χ3v) is 6.43. The first-order valence-corrected chi connectivity index (χ1v) is 10.6. The number of hydrogen-bond acceptors (Lipinski definition) is 4. The third-order valence-electron chi connectivity index (χ3n) is 4.65. The Balaban J connectivity index is 2.39. The van der Waals surface area contributed by atoms with E-state index >= 15 is 0 Å². The molecule has 0 fully saturated rings. The predicted molar refractivity (Wildman–Crippen MR) is 111 cm³/mol. The minimum absolute atomic E-state index is 0.0592. The van der Waals surface area contributed by atoms with Gasteiger partial charge in [-0.3, -0.25) is 9.10 Å². The quantitative estimate of drug-likeness (QED) is 0.732. The molecule has 0 heterocycles. The highest BCUT2D eigenvalue weighted by Gasteiger charge is 2.27. The van der Waals surface area contributed by atoms with Gasteiger partial charge in [0, 0.05) is 6.04 Å². The molecule has 1 atom stereocenters. The normalized spacial score (nSPS) is 12.5. The van der Waals surface area contributed by atoms with E-state index in [1.165, 1.54) is 19.2 Å². The van der Waals surface area contributed by atoms with Crippen molar-refractivity contribution in [3.63, 3.8) is 0 Å². The summed E-state index contributed by atoms with van der Waals surface area (Å²) in [4.78, 5) is 12.6. The summed E-state index contributed by atoms with van der Waals surface area (Å²) in [7, 11) is -2.41. The highest BCUT2D eigenvalue weighted by molar-refractivity contribution is 7.92. The molecule has 152 valence electrons. The van der Waals surface area contributed by atoms with Crippen molar-refractivity contribution < 1.29 is 17.9 Å². The molecule has 0 aliphatic heterocycles. The molecule has 0 aromatic heterocycles. The average molecular weight is 405 g/mol. The molecule has 0 aliphatic rings. The lowest BCUT2D eigenvalue weighted by molar-refractivity contribution is -0.120. The largest absolute Gasteiger partial charge is 0.497 e. The molecule has 0 spiro atoms. The van der Waals surface area contributed by atoms with E-state index in [-0.39, 0.29) is 29.3 Å². The number of carbonyl (C=O) groups excluding carboxylic acids is 1. The van der Waals surface area contributed by atoms with Gasteiger partial charge in [0.1, 0.15) is 12.3 Å². The zero-order valence-corrected chi connectivity index (χ0v) is 17.8. The molecule has 6 nitrogen and oxygen atoms in total. The van der Waals surface area contributed by atoms with Crippen LogP contribution in [0, 0.1) is 12.8 Å². The highest BCUT2D eigenvalue weighted by Crippen LogP contribution is 2.25. The molecular formula is C21H28N2O4S. The second-order valence-electron chi connectivity index (χ2n) is 7.12. The smallest absolute Gasteiger partial charge is 0.264 e. The summed E-state index contributed by atoms with van der Waals surface area (Å²) in [5.74, 6) is 0.457. The summed E-state index contributed by atoms with van der Waals surface area (Å²) >= 11 is 0. The maximum absolute atomic E-state index is 13.3. The van der Waals surface area contributed by atoms with Crippen molar-refractivity contribution in [1.29, 1.82) is 0 Å². The van der Waals surface area contributed by atoms with Gasteiger partial charge in [0.2, 0.25) is 5.91 Å². The summed E-state index contributed by atoms with van der Waals surface area (Å²) in [5.41, 5.74) is 1.44. The van der Waals surface area contributed by atoms with Crippen LogP contribution in [0.1, 0.15) is 26.3 Å². The van der Waals surface area contributed by atoms with E-state index in [1.807, 2.05) is 39.8 Å². The Morgan fingerprint density at radius 1 is 1.04 bits per heavy atom. The standard InChI is InChI=1S/C21H28N2O4S/c1-15(2)17(4)22-21(24)14-23(18-8-6-16(3)7-9-18)28(25,26)20-12-10-19(27-5)11-13-20/h6-13,15,17H,14H2,1-5H3,(H,22,24). The van der Waals surface area contributed by atoms with Gasteiger partial charge in [-0.15, -0.1) is 0 Å². The van der Waals surface area contributed by atoms with Crippen molar-refractivity contribution in [2.24, 2.45) is 5.92 Å². The average Bonchev–Trinajstić information content (AvgIpc) is 2.66. The van der Waals surface area contributed by atoms with E-state index in [1.54, 1.807) is 24.3 Å². The molecule has 1 amide bonds. The number of nitrogens with one attached hydrogen (secondary N) is 1. The first-order chi connectivity index (χ1) is 13.1. The molecule has 0 saturated carbocycles. The molecule has 1 N–H and O–H groups in total. The monoisotopic (exact) mass is 404 g/mol. The number of sulfonamides is 1. The van der Waals surface area contributed by atoms with Gasteiger partial charge in [0.05, 0.1) is 17.7 Å². The first kappa shape index (κ1) is 21.8. The fourth-order valence-corrected chi connectivity index (χ4v) is 3.92. The minimum atomic E-state index is -3.93.